The molecule has 0 spiro atoms. The highest BCUT2D eigenvalue weighted by molar-refractivity contribution is 5.76. The van der Waals surface area contributed by atoms with Gasteiger partial charge in [0.25, 0.3) is 0 Å². The van der Waals surface area contributed by atoms with Crippen LogP contribution in [0.1, 0.15) is 80.8 Å². The maximum absolute atomic E-state index is 13.3. The molecular formula is C24H38N2O4. The Morgan fingerprint density at radius 2 is 2.23 bits per heavy atom. The van der Waals surface area contributed by atoms with Crippen molar-refractivity contribution in [2.45, 2.75) is 65.0 Å². The topological polar surface area (TPSA) is 74.0 Å². The molecule has 0 aliphatic carbocycles. The fourth-order valence-corrected chi connectivity index (χ4v) is 3.09. The van der Waals surface area contributed by atoms with Crippen LogP contribution in [-0.2, 0) is 16.0 Å². The second kappa shape index (κ2) is 9.56. The summed E-state index contributed by atoms with van der Waals surface area (Å²) in [5.74, 6) is -10.8. The molecule has 0 radical (unpaired) electrons. The maximum Gasteiger partial charge on any atom is 0.323 e. The highest BCUT2D eigenvalue weighted by atomic mass is 16.5. The molecule has 168 valence electrons. The number of nitrogens with zero attached hydrogens (tertiary/aromatic N) is 1. The molecule has 0 aromatic heterocycles. The zero-order valence-corrected chi connectivity index (χ0v) is 17.3. The lowest BCUT2D eigenvalue weighted by Gasteiger charge is -2.47. The zero-order chi connectivity index (χ0) is 36.9. The van der Waals surface area contributed by atoms with Crippen molar-refractivity contribution in [3.05, 3.63) is 23.2 Å². The van der Waals surface area contributed by atoms with E-state index in [1.54, 1.807) is 0 Å². The van der Waals surface area contributed by atoms with Gasteiger partial charge in [0.2, 0.25) is 0 Å². The monoisotopic (exact) mass is 435 g/mol. The first-order valence-electron chi connectivity index (χ1n) is 18.0. The van der Waals surface area contributed by atoms with Crippen LogP contribution in [0, 0.1) is 17.7 Å². The number of fused-ring (bicyclic) bond motifs is 3. The highest BCUT2D eigenvalue weighted by Gasteiger charge is 2.41. The Labute approximate surface area is 204 Å². The van der Waals surface area contributed by atoms with Crippen molar-refractivity contribution in [3.8, 4) is 11.5 Å². The number of rotatable bonds is 7. The number of benzene rings is 1. The van der Waals surface area contributed by atoms with E-state index >= 15 is 0 Å². The van der Waals surface area contributed by atoms with Crippen molar-refractivity contribution >= 4 is 5.97 Å². The van der Waals surface area contributed by atoms with Gasteiger partial charge in [0.15, 0.2) is 11.5 Å². The van der Waals surface area contributed by atoms with E-state index in [1.165, 1.54) is 13.8 Å². The van der Waals surface area contributed by atoms with E-state index in [-0.39, 0.29) is 5.56 Å². The third-order valence-electron chi connectivity index (χ3n) is 4.74. The van der Waals surface area contributed by atoms with Crippen molar-refractivity contribution in [1.29, 1.82) is 0 Å². The molecule has 4 unspecified atom stereocenters. The molecule has 2 N–H and O–H groups in total. The van der Waals surface area contributed by atoms with Crippen molar-refractivity contribution in [2.24, 2.45) is 23.4 Å². The van der Waals surface area contributed by atoms with Crippen LogP contribution in [0.2, 0.25) is 0 Å². The molecule has 0 saturated carbocycles. The zero-order valence-electron chi connectivity index (χ0n) is 34.3. The molecule has 1 saturated heterocycles. The number of hydrogen-bond donors (Lipinski definition) is 1. The van der Waals surface area contributed by atoms with Gasteiger partial charge in [-0.25, -0.2) is 0 Å². The Kier molecular flexibility index (Phi) is 2.99. The molecule has 0 amide bonds. The molecule has 1 fully saturated rings. The Morgan fingerprint density at radius 1 is 1.47 bits per heavy atom. The number of carbonyl (C=O) groups excluding carboxylic acids is 1. The van der Waals surface area contributed by atoms with E-state index < -0.39 is 117 Å². The third-order valence-corrected chi connectivity index (χ3v) is 4.74. The molecule has 2 heterocycles. The molecule has 6 heteroatoms. The summed E-state index contributed by atoms with van der Waals surface area (Å²) in [5.41, 5.74) is 4.83. The molecule has 0 bridgehead atoms. The van der Waals surface area contributed by atoms with Gasteiger partial charge >= 0.3 is 5.97 Å². The fraction of sp³-hybridized carbons (Fsp3) is 0.708. The van der Waals surface area contributed by atoms with Crippen LogP contribution in [-0.4, -0.2) is 50.2 Å². The summed E-state index contributed by atoms with van der Waals surface area (Å²) in [5, 5.41) is 0. The van der Waals surface area contributed by atoms with Crippen LogP contribution in [0.4, 0.5) is 0 Å². The third kappa shape index (κ3) is 4.75. The first-order chi connectivity index (χ1) is 20.8. The van der Waals surface area contributed by atoms with E-state index in [1.807, 2.05) is 0 Å². The van der Waals surface area contributed by atoms with Gasteiger partial charge in [0.05, 0.1) is 22.4 Å². The quantitative estimate of drug-likeness (QED) is 0.660. The Balaban J connectivity index is 2.55. The van der Waals surface area contributed by atoms with Crippen LogP contribution < -0.4 is 15.2 Å². The second-order valence-corrected chi connectivity index (χ2v) is 7.32. The summed E-state index contributed by atoms with van der Waals surface area (Å²) in [6, 6.07) is -6.50. The molecular weight excluding hydrogens is 380 g/mol. The lowest BCUT2D eigenvalue weighted by atomic mass is 9.79. The number of hydrogen-bond acceptors (Lipinski definition) is 6. The van der Waals surface area contributed by atoms with Crippen molar-refractivity contribution < 1.29 is 42.3 Å². The van der Waals surface area contributed by atoms with E-state index in [4.69, 9.17) is 35.0 Å². The average Bonchev–Trinajstić information content (AvgIpc) is 2.90. The van der Waals surface area contributed by atoms with Crippen molar-refractivity contribution in [3.63, 3.8) is 0 Å². The first-order valence-corrected chi connectivity index (χ1v) is 9.47. The van der Waals surface area contributed by atoms with Crippen LogP contribution in [0.15, 0.2) is 12.1 Å². The number of esters is 1. The summed E-state index contributed by atoms with van der Waals surface area (Å²) in [7, 11) is -2.21. The largest absolute Gasteiger partial charge is 0.493 e. The Bertz CT molecular complexity index is 1410. The van der Waals surface area contributed by atoms with Gasteiger partial charge < -0.3 is 19.9 Å². The molecule has 1 aromatic rings. The number of methoxy groups -OCH3 is 2. The molecule has 3 rings (SSSR count). The van der Waals surface area contributed by atoms with Gasteiger partial charge in [-0.3, -0.25) is 9.69 Å². The first kappa shape index (κ1) is 9.37. The summed E-state index contributed by atoms with van der Waals surface area (Å²) in [6.07, 6.45) is -11.0. The molecule has 30 heavy (non-hydrogen) atoms. The standard InChI is InChI=1S/C24H38N2O4/c1-14(2)9-17-13-26-8-7-16-10-21(28-5)22(29-6)11-18(16)19(26)12-20(17)30-24(27)23(25)15(3)4/h10-11,14-15,17,19-20,23H,7-9,12-13,25H2,1-6H3/t17?,19?,20?,23-/m0/s1/i1D3,6D3,9D2,10D,11D,12D2,13D2,14D,17D,19D/t14?,17?,19?,20?,23-. The van der Waals surface area contributed by atoms with E-state index in [2.05, 4.69) is 0 Å². The summed E-state index contributed by atoms with van der Waals surface area (Å²) in [4.78, 5) is 13.6. The van der Waals surface area contributed by atoms with E-state index in [0.717, 1.165) is 7.11 Å². The van der Waals surface area contributed by atoms with Crippen LogP contribution >= 0.6 is 0 Å². The van der Waals surface area contributed by atoms with Gasteiger partial charge in [-0.2, -0.15) is 0 Å². The average molecular weight is 436 g/mol. The predicted octanol–water partition coefficient (Wildman–Crippen LogP) is 3.56. The number of carbonyl (C=O) groups is 1. The summed E-state index contributed by atoms with van der Waals surface area (Å²) >= 11 is 0. The number of piperidine rings is 1. The SMILES string of the molecule is [2H]c1c2c(c([2H])c(OC([2H])([2H])[2H])c1OC)C1([2H])N(CC2)C([2H])([2H])C([2H])(C([2H])([2H])C([2H])(C)C([2H])([2H])[2H])C(OC(=O)[C@@H](N)C(C)C)C1([2H])[2H]. The molecule has 2 aliphatic heterocycles. The lowest BCUT2D eigenvalue weighted by molar-refractivity contribution is -0.160. The normalized spacial score (nSPS) is 44.7. The minimum Gasteiger partial charge on any atom is -0.493 e. The minimum atomic E-state index is -3.89. The van der Waals surface area contributed by atoms with Crippen LogP contribution in [0.3, 0.4) is 0 Å². The van der Waals surface area contributed by atoms with Crippen LogP contribution in [0.25, 0.3) is 0 Å². The highest BCUT2D eigenvalue weighted by Crippen LogP contribution is 2.44. The van der Waals surface area contributed by atoms with E-state index in [9.17, 15) is 13.0 Å². The van der Waals surface area contributed by atoms with E-state index in [0.29, 0.717) is 11.8 Å². The fourth-order valence-electron chi connectivity index (χ4n) is 3.09. The minimum absolute atomic E-state index is 0.270. The van der Waals surface area contributed by atoms with Gasteiger partial charge in [-0.1, -0.05) is 27.6 Å². The van der Waals surface area contributed by atoms with Crippen molar-refractivity contribution in [2.75, 3.05) is 27.2 Å². The number of ether oxygens (including phenoxy) is 3. The maximum atomic E-state index is 13.3. The van der Waals surface area contributed by atoms with Gasteiger partial charge in [-0.05, 0) is 47.8 Å². The molecule has 6 nitrogen and oxygen atoms in total. The Morgan fingerprint density at radius 3 is 2.90 bits per heavy atom. The lowest BCUT2D eigenvalue weighted by Crippen LogP contribution is -2.51. The van der Waals surface area contributed by atoms with Gasteiger partial charge in [0, 0.05) is 46.4 Å². The smallest absolute Gasteiger partial charge is 0.323 e. The number of nitrogens with two attached hydrogens (primary N) is 1. The predicted molar refractivity (Wildman–Crippen MR) is 118 cm³/mol. The van der Waals surface area contributed by atoms with Gasteiger partial charge in [-0.15, -0.1) is 0 Å². The van der Waals surface area contributed by atoms with Crippen molar-refractivity contribution in [1.82, 2.24) is 4.90 Å². The molecule has 2 aliphatic rings. The molecule has 1 aromatic carbocycles. The van der Waals surface area contributed by atoms with Crippen LogP contribution in [0.5, 0.6) is 11.5 Å². The summed E-state index contributed by atoms with van der Waals surface area (Å²) in [6.45, 7) is -4.46. The van der Waals surface area contributed by atoms with Gasteiger partial charge in [0.1, 0.15) is 12.1 Å². The Hall–Kier alpha value is -1.79. The second-order valence-electron chi connectivity index (χ2n) is 7.32. The summed E-state index contributed by atoms with van der Waals surface area (Å²) < 4.78 is 162. The molecule has 5 atom stereocenters.